The van der Waals surface area contributed by atoms with E-state index in [-0.39, 0.29) is 24.0 Å². The number of benzene rings is 4. The van der Waals surface area contributed by atoms with Gasteiger partial charge in [-0.3, -0.25) is 4.99 Å². The Morgan fingerprint density at radius 2 is 1.02 bits per heavy atom. The van der Waals surface area contributed by atoms with Crippen molar-refractivity contribution in [3.63, 3.8) is 0 Å². The van der Waals surface area contributed by atoms with Crippen molar-refractivity contribution in [1.29, 1.82) is 0 Å². The van der Waals surface area contributed by atoms with E-state index in [1.165, 1.54) is 0 Å². The van der Waals surface area contributed by atoms with E-state index in [4.69, 9.17) is 19.5 Å². The predicted octanol–water partition coefficient (Wildman–Crippen LogP) is 13.1. The van der Waals surface area contributed by atoms with Gasteiger partial charge in [0, 0.05) is 11.3 Å². The van der Waals surface area contributed by atoms with E-state index in [0.717, 1.165) is 49.7 Å². The number of allylic oxidation sites excluding steroid dienone is 1. The van der Waals surface area contributed by atoms with Gasteiger partial charge in [0.2, 0.25) is 0 Å². The van der Waals surface area contributed by atoms with Gasteiger partial charge in [-0.15, -0.1) is 0 Å². The summed E-state index contributed by atoms with van der Waals surface area (Å²) in [5, 5.41) is 7.28. The fraction of sp³-hybridized carbons (Fsp3) is 0.407. The smallest absolute Gasteiger partial charge is 0.342 e. The second-order valence-electron chi connectivity index (χ2n) is 18.5. The monoisotopic (exact) mass is 832 g/mol. The average molecular weight is 833 g/mol. The highest BCUT2D eigenvalue weighted by atomic mass is 16.5. The lowest BCUT2D eigenvalue weighted by Gasteiger charge is -2.37. The zero-order chi connectivity index (χ0) is 43.9. The number of rotatable bonds is 8. The molecule has 0 saturated heterocycles. The molecule has 1 aliphatic heterocycles. The maximum Gasteiger partial charge on any atom is 0.342 e. The van der Waals surface area contributed by atoms with Crippen LogP contribution in [0.1, 0.15) is 105 Å². The Labute approximate surface area is 369 Å². The Kier molecular flexibility index (Phi) is 14.3. The van der Waals surface area contributed by atoms with Crippen LogP contribution in [0.5, 0.6) is 0 Å². The van der Waals surface area contributed by atoms with Gasteiger partial charge in [-0.1, -0.05) is 139 Å². The molecule has 0 radical (unpaired) electrons. The minimum atomic E-state index is -0.427. The molecular weight excluding hydrogens is 769 g/mol. The molecular formula is C54H64N4O4. The molecule has 2 saturated carbocycles. The van der Waals surface area contributed by atoms with Gasteiger partial charge in [0.05, 0.1) is 39.9 Å². The molecule has 8 nitrogen and oxygen atoms in total. The first-order chi connectivity index (χ1) is 29.9. The minimum absolute atomic E-state index is 0.227. The summed E-state index contributed by atoms with van der Waals surface area (Å²) in [6, 6.07) is 35.1. The number of aliphatic imine (C=N–C) groups is 2. The fourth-order valence-corrected chi connectivity index (χ4v) is 9.61. The number of fused-ring (bicyclic) bond motifs is 2. The molecule has 1 heterocycles. The topological polar surface area (TPSA) is 101 Å². The molecule has 62 heavy (non-hydrogen) atoms. The fourth-order valence-electron chi connectivity index (χ4n) is 9.61. The van der Waals surface area contributed by atoms with E-state index in [1.807, 2.05) is 123 Å². The summed E-state index contributed by atoms with van der Waals surface area (Å²) in [7, 11) is 0. The first kappa shape index (κ1) is 44.3. The van der Waals surface area contributed by atoms with Crippen LogP contribution in [0.4, 0.5) is 22.7 Å². The van der Waals surface area contributed by atoms with Crippen LogP contribution in [0.15, 0.2) is 136 Å². The lowest BCUT2D eigenvalue weighted by molar-refractivity contribution is -0.151. The van der Waals surface area contributed by atoms with Gasteiger partial charge in [0.25, 0.3) is 0 Å². The van der Waals surface area contributed by atoms with Crippen molar-refractivity contribution >= 4 is 51.8 Å². The van der Waals surface area contributed by atoms with Gasteiger partial charge >= 0.3 is 11.9 Å². The molecule has 0 bridgehead atoms. The lowest BCUT2D eigenvalue weighted by atomic mass is 9.75. The van der Waals surface area contributed by atoms with E-state index >= 15 is 9.59 Å². The molecule has 0 spiro atoms. The van der Waals surface area contributed by atoms with Crippen LogP contribution in [0, 0.1) is 35.5 Å². The van der Waals surface area contributed by atoms with Gasteiger partial charge in [0.1, 0.15) is 23.4 Å². The molecule has 4 aromatic rings. The van der Waals surface area contributed by atoms with Gasteiger partial charge in [-0.2, -0.15) is 0 Å². The first-order valence-electron chi connectivity index (χ1n) is 22.7. The number of anilines is 2. The van der Waals surface area contributed by atoms with E-state index in [1.54, 1.807) is 0 Å². The zero-order valence-electron chi connectivity index (χ0n) is 37.8. The summed E-state index contributed by atoms with van der Waals surface area (Å²) in [4.78, 5) is 40.7. The SMILES string of the molecule is CC1=Nc2ccccc2N/C(C)=C(\C(=O)O[C@@H]2C[C@H](C)CC[C@H]2C(C)C)C(c2ccccc2)=Nc2ccccc2N/C(c2ccccc2)=C/1C(=O)O[C@@H]1C[C@H](C)CC[C@H]1C(C)C. The molecule has 8 heteroatoms. The van der Waals surface area contributed by atoms with Crippen molar-refractivity contribution in [2.45, 2.75) is 106 Å². The third-order valence-corrected chi connectivity index (χ3v) is 13.1. The number of para-hydroxylation sites is 4. The zero-order valence-corrected chi connectivity index (χ0v) is 37.8. The molecule has 3 aliphatic rings. The van der Waals surface area contributed by atoms with Crippen LogP contribution < -0.4 is 10.6 Å². The maximum absolute atomic E-state index is 15.1. The molecule has 0 unspecified atom stereocenters. The van der Waals surface area contributed by atoms with E-state index < -0.39 is 11.9 Å². The molecule has 0 amide bonds. The third-order valence-electron chi connectivity index (χ3n) is 13.1. The van der Waals surface area contributed by atoms with Crippen molar-refractivity contribution in [3.05, 3.63) is 137 Å². The Balaban J connectivity index is 1.46. The van der Waals surface area contributed by atoms with Crippen molar-refractivity contribution < 1.29 is 19.1 Å². The Hall–Kier alpha value is -5.76. The number of nitrogens with zero attached hydrogens (tertiary/aromatic N) is 2. The van der Waals surface area contributed by atoms with E-state index in [2.05, 4.69) is 52.2 Å². The van der Waals surface area contributed by atoms with Crippen LogP contribution in [-0.4, -0.2) is 35.6 Å². The lowest BCUT2D eigenvalue weighted by Crippen LogP contribution is -2.37. The van der Waals surface area contributed by atoms with Gasteiger partial charge < -0.3 is 20.1 Å². The first-order valence-corrected chi connectivity index (χ1v) is 22.7. The predicted molar refractivity (Wildman–Crippen MR) is 254 cm³/mol. The molecule has 6 atom stereocenters. The molecule has 2 N–H and O–H groups in total. The highest BCUT2D eigenvalue weighted by molar-refractivity contribution is 6.29. The molecule has 4 aromatic carbocycles. The largest absolute Gasteiger partial charge is 0.458 e. The van der Waals surface area contributed by atoms with Crippen LogP contribution in [0.25, 0.3) is 5.70 Å². The van der Waals surface area contributed by atoms with Crippen molar-refractivity contribution in [2.75, 3.05) is 10.6 Å². The number of hydrogen-bond acceptors (Lipinski definition) is 8. The van der Waals surface area contributed by atoms with E-state index in [0.29, 0.717) is 80.4 Å². The number of hydrogen-bond donors (Lipinski definition) is 2. The second kappa shape index (κ2) is 20.0. The van der Waals surface area contributed by atoms with Crippen molar-refractivity contribution in [2.24, 2.45) is 45.5 Å². The third kappa shape index (κ3) is 10.3. The van der Waals surface area contributed by atoms with Gasteiger partial charge in [-0.05, 0) is 105 Å². The molecule has 0 aromatic heterocycles. The highest BCUT2D eigenvalue weighted by Crippen LogP contribution is 2.40. The highest BCUT2D eigenvalue weighted by Gasteiger charge is 2.37. The Bertz CT molecular complexity index is 2340. The van der Waals surface area contributed by atoms with Crippen LogP contribution in [-0.2, 0) is 19.1 Å². The summed E-state index contributed by atoms with van der Waals surface area (Å²) in [5.41, 5.74) is 6.74. The van der Waals surface area contributed by atoms with Crippen molar-refractivity contribution in [3.8, 4) is 0 Å². The minimum Gasteiger partial charge on any atom is -0.458 e. The molecule has 2 aliphatic carbocycles. The van der Waals surface area contributed by atoms with Crippen LogP contribution >= 0.6 is 0 Å². The Morgan fingerprint density at radius 1 is 0.565 bits per heavy atom. The summed E-state index contributed by atoms with van der Waals surface area (Å²) in [6.45, 7) is 17.1. The number of nitrogens with one attached hydrogen (secondary N) is 2. The summed E-state index contributed by atoms with van der Waals surface area (Å²) < 4.78 is 13.3. The standard InChI is InChI=1S/C54H64N4O4/c1-33(2)41-29-27-35(5)31-47(41)61-53(59)49-37(7)55-43-23-15-16-24-44(43)56-38(8)50(54(60)62-48-32-36(6)28-30-42(48)34(3)4)52(40-21-13-10-14-22-40)58-46-26-18-17-25-45(46)57-51(49)39-19-11-9-12-20-39/h9-26,33-36,41-42,47-48,55,58H,27-32H2,1-8H3/b49-37-,52-50-,56-38?,57-51?/t35-,36-,41+,42+,47-,48-/m1/s1. The number of carbonyl (C=O) groups is 2. The normalized spacial score (nSPS) is 25.8. The maximum atomic E-state index is 15.1. The van der Waals surface area contributed by atoms with Gasteiger partial charge in [-0.25, -0.2) is 14.6 Å². The molecule has 2 fully saturated rings. The number of esters is 2. The van der Waals surface area contributed by atoms with Crippen LogP contribution in [0.2, 0.25) is 0 Å². The molecule has 7 rings (SSSR count). The summed E-state index contributed by atoms with van der Waals surface area (Å²) >= 11 is 0. The number of carbonyl (C=O) groups excluding carboxylic acids is 2. The Morgan fingerprint density at radius 3 is 1.55 bits per heavy atom. The number of ether oxygens (including phenoxy) is 2. The summed E-state index contributed by atoms with van der Waals surface area (Å²) in [5.74, 6) is 1.28. The summed E-state index contributed by atoms with van der Waals surface area (Å²) in [6.07, 6.45) is 5.44. The van der Waals surface area contributed by atoms with Crippen LogP contribution in [0.3, 0.4) is 0 Å². The second-order valence-corrected chi connectivity index (χ2v) is 18.5. The average Bonchev–Trinajstić information content (AvgIpc) is 3.24. The molecule has 324 valence electrons. The van der Waals surface area contributed by atoms with Gasteiger partial charge in [0.15, 0.2) is 0 Å². The van der Waals surface area contributed by atoms with Crippen molar-refractivity contribution in [1.82, 2.24) is 0 Å². The van der Waals surface area contributed by atoms with E-state index in [9.17, 15) is 0 Å². The quantitative estimate of drug-likeness (QED) is 0.172.